The Morgan fingerprint density at radius 3 is 2.58 bits per heavy atom. The second-order valence-corrected chi connectivity index (χ2v) is 5.99. The summed E-state index contributed by atoms with van der Waals surface area (Å²) in [5.41, 5.74) is -0.166. The van der Waals surface area contributed by atoms with Crippen molar-refractivity contribution >= 4 is 29.2 Å². The highest BCUT2D eigenvalue weighted by molar-refractivity contribution is 6.37. The van der Waals surface area contributed by atoms with E-state index in [1.807, 2.05) is 0 Å². The van der Waals surface area contributed by atoms with Gasteiger partial charge in [-0.15, -0.1) is 0 Å². The van der Waals surface area contributed by atoms with E-state index in [9.17, 15) is 25.2 Å². The van der Waals surface area contributed by atoms with E-state index in [0.717, 1.165) is 0 Å². The molecule has 1 fully saturated rings. The number of hydrogen-bond acceptors (Lipinski definition) is 8. The molecule has 134 valence electrons. The molecule has 1 aliphatic heterocycles. The lowest BCUT2D eigenvalue weighted by Gasteiger charge is -2.40. The van der Waals surface area contributed by atoms with Gasteiger partial charge >= 0.3 is 5.97 Å². The third-order valence-electron chi connectivity index (χ3n) is 3.56. The average molecular weight is 383 g/mol. The summed E-state index contributed by atoms with van der Waals surface area (Å²) in [5.74, 6) is -3.38. The number of aliphatic hydroxyl groups excluding tert-OH is 3. The number of hydrogen-bond donors (Lipinski definition) is 4. The zero-order chi connectivity index (χ0) is 18.1. The van der Waals surface area contributed by atoms with E-state index >= 15 is 0 Å². The topological polar surface area (TPSA) is 126 Å². The van der Waals surface area contributed by atoms with Crippen LogP contribution >= 0.6 is 23.2 Å². The van der Waals surface area contributed by atoms with Crippen LogP contribution in [0.2, 0.25) is 10.0 Å². The molecule has 1 saturated heterocycles. The van der Waals surface area contributed by atoms with E-state index in [0.29, 0.717) is 0 Å². The van der Waals surface area contributed by atoms with Crippen LogP contribution in [-0.2, 0) is 9.47 Å². The Morgan fingerprint density at radius 2 is 1.96 bits per heavy atom. The van der Waals surface area contributed by atoms with E-state index in [1.165, 1.54) is 19.2 Å². The molecule has 1 aliphatic rings. The van der Waals surface area contributed by atoms with Crippen LogP contribution in [0, 0.1) is 0 Å². The van der Waals surface area contributed by atoms with E-state index < -0.39 is 43.3 Å². The Hall–Kier alpha value is -1.13. The van der Waals surface area contributed by atoms with Crippen LogP contribution in [0.25, 0.3) is 0 Å². The molecule has 0 amide bonds. The molecular formula is C14H16Cl2O8. The van der Waals surface area contributed by atoms with Crippen LogP contribution in [0.1, 0.15) is 10.4 Å². The fraction of sp³-hybridized carbons (Fsp3) is 0.500. The highest BCUT2D eigenvalue weighted by Crippen LogP contribution is 2.34. The van der Waals surface area contributed by atoms with Crippen molar-refractivity contribution in [1.29, 1.82) is 0 Å². The van der Waals surface area contributed by atoms with Crippen molar-refractivity contribution in [3.63, 3.8) is 0 Å². The van der Waals surface area contributed by atoms with Gasteiger partial charge in [-0.25, -0.2) is 4.79 Å². The number of carbonyl (C=O) groups excluding carboxylic acids is 1. The summed E-state index contributed by atoms with van der Waals surface area (Å²) in [4.78, 5) is 12.2. The van der Waals surface area contributed by atoms with E-state index in [4.69, 9.17) is 37.4 Å². The first-order chi connectivity index (χ1) is 11.2. The van der Waals surface area contributed by atoms with Crippen LogP contribution in [0.5, 0.6) is 5.75 Å². The molecule has 10 heteroatoms. The Bertz CT molecular complexity index is 625. The van der Waals surface area contributed by atoms with Gasteiger partial charge in [0.25, 0.3) is 0 Å². The Morgan fingerprint density at radius 1 is 1.33 bits per heavy atom. The minimum absolute atomic E-state index is 0.00816. The minimum atomic E-state index is -2.38. The van der Waals surface area contributed by atoms with Crippen LogP contribution in [0.3, 0.4) is 0 Å². The van der Waals surface area contributed by atoms with Gasteiger partial charge in [-0.05, 0) is 12.1 Å². The maximum Gasteiger partial charge on any atom is 0.343 e. The summed E-state index contributed by atoms with van der Waals surface area (Å²) in [7, 11) is 1.29. The second kappa shape index (κ2) is 7.40. The Labute approximate surface area is 147 Å². The quantitative estimate of drug-likeness (QED) is 0.534. The van der Waals surface area contributed by atoms with Gasteiger partial charge in [0.2, 0.25) is 5.79 Å². The highest BCUT2D eigenvalue weighted by atomic mass is 35.5. The summed E-state index contributed by atoms with van der Waals surface area (Å²) < 4.78 is 14.8. The minimum Gasteiger partial charge on any atom is -0.494 e. The molecule has 2 rings (SSSR count). The van der Waals surface area contributed by atoms with Gasteiger partial charge in [0.05, 0.1) is 23.8 Å². The van der Waals surface area contributed by atoms with Crippen LogP contribution in [0.15, 0.2) is 12.1 Å². The molecule has 1 heterocycles. The standard InChI is InChI=1S/C14H16Cl2O8/c1-22-11-7(16)3-2-6(15)9(11)13(20)23-5-14(21)12(19)10(18)8(17)4-24-14/h2-3,8,10,12,17-19,21H,4-5H2,1H3/t8-,10+,12-,14+/m0/s1. The first-order valence-electron chi connectivity index (χ1n) is 6.81. The predicted octanol–water partition coefficient (Wildman–Crippen LogP) is -0.0397. The van der Waals surface area contributed by atoms with Crippen LogP contribution in [-0.4, -0.2) is 70.8 Å². The zero-order valence-corrected chi connectivity index (χ0v) is 14.0. The molecule has 0 saturated carbocycles. The van der Waals surface area contributed by atoms with Gasteiger partial charge in [0, 0.05) is 0 Å². The number of halogens is 2. The van der Waals surface area contributed by atoms with Gasteiger partial charge in [0.15, 0.2) is 5.75 Å². The SMILES string of the molecule is COc1c(Cl)ccc(Cl)c1C(=O)OC[C@@]1(O)OC[C@H](O)[C@@H](O)[C@@H]1O. The zero-order valence-electron chi connectivity index (χ0n) is 12.5. The molecule has 0 spiro atoms. The molecule has 24 heavy (non-hydrogen) atoms. The van der Waals surface area contributed by atoms with Crippen molar-refractivity contribution in [1.82, 2.24) is 0 Å². The lowest BCUT2D eigenvalue weighted by Crippen LogP contribution is -2.63. The van der Waals surface area contributed by atoms with E-state index in [-0.39, 0.29) is 21.4 Å². The summed E-state index contributed by atoms with van der Waals surface area (Å²) in [6.07, 6.45) is -4.92. The Kier molecular flexibility index (Phi) is 5.92. The lowest BCUT2D eigenvalue weighted by molar-refractivity contribution is -0.330. The van der Waals surface area contributed by atoms with Gasteiger partial charge in [0.1, 0.15) is 30.5 Å². The number of methoxy groups -OCH3 is 1. The fourth-order valence-corrected chi connectivity index (χ4v) is 2.64. The van der Waals surface area contributed by atoms with Gasteiger partial charge < -0.3 is 34.6 Å². The fourth-order valence-electron chi connectivity index (χ4n) is 2.18. The maximum absolute atomic E-state index is 12.2. The van der Waals surface area contributed by atoms with Gasteiger partial charge in [-0.1, -0.05) is 23.2 Å². The number of carbonyl (C=O) groups is 1. The van der Waals surface area contributed by atoms with E-state index in [1.54, 1.807) is 0 Å². The molecular weight excluding hydrogens is 367 g/mol. The van der Waals surface area contributed by atoms with Crippen molar-refractivity contribution in [3.05, 3.63) is 27.7 Å². The monoisotopic (exact) mass is 382 g/mol. The first-order valence-corrected chi connectivity index (χ1v) is 7.56. The summed E-state index contributed by atoms with van der Waals surface area (Å²) in [5, 5.41) is 39.1. The summed E-state index contributed by atoms with van der Waals surface area (Å²) in [6, 6.07) is 2.79. The second-order valence-electron chi connectivity index (χ2n) is 5.17. The molecule has 1 aromatic rings. The largest absolute Gasteiger partial charge is 0.494 e. The summed E-state index contributed by atoms with van der Waals surface area (Å²) in [6.45, 7) is -1.27. The molecule has 0 radical (unpaired) electrons. The average Bonchev–Trinajstić information content (AvgIpc) is 2.56. The lowest BCUT2D eigenvalue weighted by atomic mass is 9.97. The summed E-state index contributed by atoms with van der Waals surface area (Å²) >= 11 is 11.9. The van der Waals surface area contributed by atoms with E-state index in [2.05, 4.69) is 0 Å². The van der Waals surface area contributed by atoms with Gasteiger partial charge in [-0.3, -0.25) is 0 Å². The third-order valence-corrected chi connectivity index (χ3v) is 4.17. The van der Waals surface area contributed by atoms with Crippen molar-refractivity contribution in [2.24, 2.45) is 0 Å². The number of esters is 1. The molecule has 1 aromatic carbocycles. The highest BCUT2D eigenvalue weighted by Gasteiger charge is 2.49. The molecule has 0 unspecified atom stereocenters. The van der Waals surface area contributed by atoms with Crippen molar-refractivity contribution in [2.45, 2.75) is 24.1 Å². The molecule has 4 N–H and O–H groups in total. The van der Waals surface area contributed by atoms with Crippen molar-refractivity contribution in [2.75, 3.05) is 20.3 Å². The number of aliphatic hydroxyl groups is 4. The molecule has 8 nitrogen and oxygen atoms in total. The number of ether oxygens (including phenoxy) is 3. The third kappa shape index (κ3) is 3.60. The molecule has 0 aliphatic carbocycles. The van der Waals surface area contributed by atoms with Crippen LogP contribution in [0.4, 0.5) is 0 Å². The predicted molar refractivity (Wildman–Crippen MR) is 82.2 cm³/mol. The number of rotatable bonds is 4. The maximum atomic E-state index is 12.2. The molecule has 0 aromatic heterocycles. The van der Waals surface area contributed by atoms with Gasteiger partial charge in [-0.2, -0.15) is 0 Å². The molecule has 4 atom stereocenters. The normalized spacial score (nSPS) is 30.0. The first kappa shape index (κ1) is 19.2. The molecule has 0 bridgehead atoms. The number of benzene rings is 1. The van der Waals surface area contributed by atoms with Crippen molar-refractivity contribution in [3.8, 4) is 5.75 Å². The smallest absolute Gasteiger partial charge is 0.343 e. The van der Waals surface area contributed by atoms with Crippen molar-refractivity contribution < 1.29 is 39.4 Å². The van der Waals surface area contributed by atoms with Crippen LogP contribution < -0.4 is 4.74 Å². The Balaban J connectivity index is 2.15.